The van der Waals surface area contributed by atoms with Crippen LogP contribution in [0.2, 0.25) is 0 Å². The molecule has 2 fully saturated rings. The topological polar surface area (TPSA) is 32.3 Å². The molecule has 2 heterocycles. The van der Waals surface area contributed by atoms with Gasteiger partial charge in [0, 0.05) is 24.3 Å². The largest absolute Gasteiger partial charge is 0.322 e. The van der Waals surface area contributed by atoms with Crippen LogP contribution in [0.5, 0.6) is 0 Å². The summed E-state index contributed by atoms with van der Waals surface area (Å²) in [7, 11) is 0. The first kappa shape index (κ1) is 12.2. The Balaban J connectivity index is 2.29. The predicted molar refractivity (Wildman–Crippen MR) is 68.5 cm³/mol. The molecule has 0 saturated carbocycles. The lowest BCUT2D eigenvalue weighted by Gasteiger charge is -2.54. The van der Waals surface area contributed by atoms with Gasteiger partial charge in [0.25, 0.3) is 0 Å². The summed E-state index contributed by atoms with van der Waals surface area (Å²) in [5.41, 5.74) is -0.0659. The summed E-state index contributed by atoms with van der Waals surface area (Å²) < 4.78 is 0. The molecule has 1 amide bonds. The van der Waals surface area contributed by atoms with Gasteiger partial charge in [-0.3, -0.25) is 4.79 Å². The third-order valence-corrected chi connectivity index (χ3v) is 4.81. The van der Waals surface area contributed by atoms with Gasteiger partial charge in [0.15, 0.2) is 0 Å². The van der Waals surface area contributed by atoms with Crippen LogP contribution in [0.25, 0.3) is 0 Å². The highest BCUT2D eigenvalue weighted by Gasteiger charge is 2.48. The molecule has 2 saturated heterocycles. The van der Waals surface area contributed by atoms with E-state index in [0.717, 1.165) is 25.3 Å². The molecule has 2 rings (SSSR count). The van der Waals surface area contributed by atoms with Crippen LogP contribution in [0.15, 0.2) is 0 Å². The zero-order valence-corrected chi connectivity index (χ0v) is 11.3. The second-order valence-electron chi connectivity index (χ2n) is 5.72. The Kier molecular flexibility index (Phi) is 3.23. The van der Waals surface area contributed by atoms with E-state index < -0.39 is 0 Å². The Morgan fingerprint density at radius 1 is 1.44 bits per heavy atom. The van der Waals surface area contributed by atoms with E-state index in [0.29, 0.717) is 12.3 Å². The number of carbonyl (C=O) groups excluding carboxylic acids is 1. The first-order chi connectivity index (χ1) is 7.46. The van der Waals surface area contributed by atoms with E-state index in [1.807, 2.05) is 11.8 Å². The van der Waals surface area contributed by atoms with Crippen molar-refractivity contribution >= 4 is 17.7 Å². The zero-order chi connectivity index (χ0) is 11.8. The normalized spacial score (nSPS) is 32.2. The van der Waals surface area contributed by atoms with Crippen molar-refractivity contribution in [2.75, 3.05) is 18.8 Å². The van der Waals surface area contributed by atoms with Gasteiger partial charge in [-0.25, -0.2) is 0 Å². The standard InChI is InChI=1S/C12H22N2OS/c1-11(2,3)14-10(15)5-8-16-12(14)6-4-7-13-9-12/h13H,4-9H2,1-3H3. The van der Waals surface area contributed by atoms with E-state index in [4.69, 9.17) is 0 Å². The minimum atomic E-state index is -0.0659. The van der Waals surface area contributed by atoms with Gasteiger partial charge >= 0.3 is 0 Å². The lowest BCUT2D eigenvalue weighted by molar-refractivity contribution is -0.141. The molecule has 16 heavy (non-hydrogen) atoms. The third kappa shape index (κ3) is 2.09. The third-order valence-electron chi connectivity index (χ3n) is 3.34. The van der Waals surface area contributed by atoms with Crippen LogP contribution >= 0.6 is 11.8 Å². The zero-order valence-electron chi connectivity index (χ0n) is 10.5. The highest BCUT2D eigenvalue weighted by molar-refractivity contribution is 8.00. The monoisotopic (exact) mass is 242 g/mol. The van der Waals surface area contributed by atoms with E-state index in [1.54, 1.807) is 0 Å². The average Bonchev–Trinajstić information content (AvgIpc) is 2.16. The van der Waals surface area contributed by atoms with Crippen LogP contribution in [0, 0.1) is 0 Å². The molecular formula is C12H22N2OS. The van der Waals surface area contributed by atoms with E-state index in [9.17, 15) is 4.79 Å². The summed E-state index contributed by atoms with van der Waals surface area (Å²) in [6.07, 6.45) is 3.00. The summed E-state index contributed by atoms with van der Waals surface area (Å²) in [5.74, 6) is 1.31. The SMILES string of the molecule is CC(C)(C)N1C(=O)CCSC12CCCNC2. The Morgan fingerprint density at radius 3 is 2.75 bits per heavy atom. The molecule has 92 valence electrons. The van der Waals surface area contributed by atoms with Crippen molar-refractivity contribution < 1.29 is 4.79 Å². The van der Waals surface area contributed by atoms with E-state index in [2.05, 4.69) is 31.0 Å². The van der Waals surface area contributed by atoms with E-state index in [1.165, 1.54) is 6.42 Å². The molecule has 0 aromatic heterocycles. The highest BCUT2D eigenvalue weighted by Crippen LogP contribution is 2.43. The van der Waals surface area contributed by atoms with Gasteiger partial charge in [-0.2, -0.15) is 0 Å². The number of carbonyl (C=O) groups is 1. The van der Waals surface area contributed by atoms with Gasteiger partial charge in [0.2, 0.25) is 5.91 Å². The van der Waals surface area contributed by atoms with Crippen molar-refractivity contribution in [3.8, 4) is 0 Å². The van der Waals surface area contributed by atoms with Gasteiger partial charge in [-0.15, -0.1) is 11.8 Å². The summed E-state index contributed by atoms with van der Waals surface area (Å²) in [6.45, 7) is 8.47. The van der Waals surface area contributed by atoms with Crippen molar-refractivity contribution in [3.05, 3.63) is 0 Å². The van der Waals surface area contributed by atoms with Crippen molar-refractivity contribution in [3.63, 3.8) is 0 Å². The highest BCUT2D eigenvalue weighted by atomic mass is 32.2. The number of rotatable bonds is 0. The maximum absolute atomic E-state index is 12.2. The summed E-state index contributed by atoms with van der Waals surface area (Å²) in [5, 5.41) is 3.45. The Bertz CT molecular complexity index is 274. The molecule has 0 aromatic rings. The van der Waals surface area contributed by atoms with Crippen molar-refractivity contribution in [1.29, 1.82) is 0 Å². The Hall–Kier alpha value is -0.220. The van der Waals surface area contributed by atoms with Gasteiger partial charge in [0.1, 0.15) is 4.87 Å². The van der Waals surface area contributed by atoms with Crippen molar-refractivity contribution in [2.24, 2.45) is 0 Å². The van der Waals surface area contributed by atoms with Gasteiger partial charge in [-0.05, 0) is 40.2 Å². The lowest BCUT2D eigenvalue weighted by atomic mass is 9.96. The van der Waals surface area contributed by atoms with E-state index >= 15 is 0 Å². The fourth-order valence-electron chi connectivity index (χ4n) is 2.89. The molecule has 0 radical (unpaired) electrons. The molecule has 3 nitrogen and oxygen atoms in total. The molecule has 4 heteroatoms. The molecular weight excluding hydrogens is 220 g/mol. The van der Waals surface area contributed by atoms with Crippen LogP contribution in [0.3, 0.4) is 0 Å². The van der Waals surface area contributed by atoms with Crippen LogP contribution in [0.4, 0.5) is 0 Å². The van der Waals surface area contributed by atoms with Crippen LogP contribution in [-0.2, 0) is 4.79 Å². The van der Waals surface area contributed by atoms with Crippen LogP contribution < -0.4 is 5.32 Å². The molecule has 0 aromatic carbocycles. The number of nitrogens with one attached hydrogen (secondary N) is 1. The Morgan fingerprint density at radius 2 is 2.19 bits per heavy atom. The fourth-order valence-corrected chi connectivity index (χ4v) is 4.55. The first-order valence-electron chi connectivity index (χ1n) is 6.14. The second-order valence-corrected chi connectivity index (χ2v) is 7.18. The quantitative estimate of drug-likeness (QED) is 0.703. The fraction of sp³-hybridized carbons (Fsp3) is 0.917. The summed E-state index contributed by atoms with van der Waals surface area (Å²) in [6, 6.07) is 0. The van der Waals surface area contributed by atoms with Crippen LogP contribution in [0.1, 0.15) is 40.0 Å². The lowest BCUT2D eigenvalue weighted by Crippen LogP contribution is -2.65. The molecule has 1 atom stereocenters. The van der Waals surface area contributed by atoms with Crippen molar-refractivity contribution in [2.45, 2.75) is 50.4 Å². The maximum atomic E-state index is 12.2. The second kappa shape index (κ2) is 4.22. The first-order valence-corrected chi connectivity index (χ1v) is 7.12. The maximum Gasteiger partial charge on any atom is 0.224 e. The number of hydrogen-bond acceptors (Lipinski definition) is 3. The molecule has 1 N–H and O–H groups in total. The molecule has 2 aliphatic rings. The van der Waals surface area contributed by atoms with Gasteiger partial charge in [-0.1, -0.05) is 0 Å². The number of amides is 1. The average molecular weight is 242 g/mol. The van der Waals surface area contributed by atoms with Crippen molar-refractivity contribution in [1.82, 2.24) is 10.2 Å². The number of piperidine rings is 1. The molecule has 0 bridgehead atoms. The summed E-state index contributed by atoms with van der Waals surface area (Å²) in [4.78, 5) is 14.4. The summed E-state index contributed by atoms with van der Waals surface area (Å²) >= 11 is 1.97. The molecule has 0 aliphatic carbocycles. The van der Waals surface area contributed by atoms with Gasteiger partial charge < -0.3 is 10.2 Å². The number of thioether (sulfide) groups is 1. The minimum absolute atomic E-state index is 0.0197. The smallest absolute Gasteiger partial charge is 0.224 e. The molecule has 1 unspecified atom stereocenters. The van der Waals surface area contributed by atoms with E-state index in [-0.39, 0.29) is 10.4 Å². The predicted octanol–water partition coefficient (Wildman–Crippen LogP) is 1.83. The number of nitrogens with zero attached hydrogens (tertiary/aromatic N) is 1. The van der Waals surface area contributed by atoms with Gasteiger partial charge in [0.05, 0.1) is 0 Å². The Labute approximate surface area is 102 Å². The number of hydrogen-bond donors (Lipinski definition) is 1. The molecule has 1 spiro atoms. The minimum Gasteiger partial charge on any atom is -0.322 e. The van der Waals surface area contributed by atoms with Crippen LogP contribution in [-0.4, -0.2) is 40.1 Å². The molecule has 2 aliphatic heterocycles.